The Hall–Kier alpha value is -1.67. The predicted molar refractivity (Wildman–Crippen MR) is 97.1 cm³/mol. The second-order valence-corrected chi connectivity index (χ2v) is 8.02. The molecular weight excluding hydrogens is 358 g/mol. The molecule has 154 valence electrons. The summed E-state index contributed by atoms with van der Waals surface area (Å²) in [5.74, 6) is -3.36. The number of aliphatic carboxylic acids is 1. The zero-order valence-electron chi connectivity index (χ0n) is 15.8. The number of allylic oxidation sites excluding steroid dienone is 1. The fraction of sp³-hybridized carbons (Fsp3) is 0.737. The molecule has 2 aliphatic rings. The Labute approximate surface area is 158 Å². The summed E-state index contributed by atoms with van der Waals surface area (Å²) in [5, 5.41) is 23.2. The van der Waals surface area contributed by atoms with Gasteiger partial charge < -0.3 is 26.0 Å². The van der Waals surface area contributed by atoms with Crippen LogP contribution >= 0.6 is 0 Å². The van der Waals surface area contributed by atoms with E-state index in [4.69, 9.17) is 10.5 Å². The minimum absolute atomic E-state index is 0.129. The van der Waals surface area contributed by atoms with Gasteiger partial charge >= 0.3 is 5.97 Å². The third kappa shape index (κ3) is 5.90. The minimum Gasteiger partial charge on any atom is -0.491 e. The van der Waals surface area contributed by atoms with Crippen molar-refractivity contribution in [3.8, 4) is 0 Å². The van der Waals surface area contributed by atoms with Crippen LogP contribution in [-0.4, -0.2) is 45.9 Å². The molecule has 8 heteroatoms. The molecule has 1 unspecified atom stereocenters. The highest BCUT2D eigenvalue weighted by atomic mass is 19.3. The van der Waals surface area contributed by atoms with E-state index < -0.39 is 29.6 Å². The molecule has 0 aromatic heterocycles. The van der Waals surface area contributed by atoms with Crippen LogP contribution in [0.3, 0.4) is 0 Å². The highest BCUT2D eigenvalue weighted by molar-refractivity contribution is 5.78. The van der Waals surface area contributed by atoms with Gasteiger partial charge in [-0.05, 0) is 37.3 Å². The summed E-state index contributed by atoms with van der Waals surface area (Å²) < 4.78 is 32.3. The molecule has 0 amide bonds. The molecule has 1 aliphatic heterocycles. The third-order valence-corrected chi connectivity index (χ3v) is 5.13. The van der Waals surface area contributed by atoms with Gasteiger partial charge in [-0.15, -0.1) is 0 Å². The van der Waals surface area contributed by atoms with Crippen molar-refractivity contribution in [1.29, 1.82) is 0 Å². The number of alkyl halides is 2. The average molecular weight is 388 g/mol. The van der Waals surface area contributed by atoms with Crippen molar-refractivity contribution in [3.05, 3.63) is 24.1 Å². The van der Waals surface area contributed by atoms with Gasteiger partial charge in [0.25, 0.3) is 0 Å². The minimum atomic E-state index is -2.62. The van der Waals surface area contributed by atoms with E-state index >= 15 is 0 Å². The van der Waals surface area contributed by atoms with Crippen LogP contribution in [0.5, 0.6) is 0 Å². The molecule has 1 saturated carbocycles. The highest BCUT2D eigenvalue weighted by Gasteiger charge is 2.44. The molecular formula is C19H30F2N2O4. The van der Waals surface area contributed by atoms with Gasteiger partial charge in [-0.25, -0.2) is 13.6 Å². The number of aliphatic hydroxyl groups is 1. The van der Waals surface area contributed by atoms with Crippen LogP contribution < -0.4 is 11.1 Å². The highest BCUT2D eigenvalue weighted by Crippen LogP contribution is 2.35. The van der Waals surface area contributed by atoms with E-state index in [1.165, 1.54) is 0 Å². The van der Waals surface area contributed by atoms with Gasteiger partial charge in [-0.2, -0.15) is 0 Å². The summed E-state index contributed by atoms with van der Waals surface area (Å²) in [6, 6.07) is -1.41. The smallest absolute Gasteiger partial charge is 0.337 e. The Balaban J connectivity index is 2.01. The number of hydrogen-bond donors (Lipinski definition) is 4. The number of carboxylic acids is 1. The lowest BCUT2D eigenvalue weighted by Crippen LogP contribution is -2.57. The molecule has 0 radical (unpaired) electrons. The number of halogens is 2. The fourth-order valence-corrected chi connectivity index (χ4v) is 3.51. The Kier molecular flexibility index (Phi) is 6.86. The van der Waals surface area contributed by atoms with E-state index in [9.17, 15) is 23.8 Å². The molecule has 6 nitrogen and oxygen atoms in total. The van der Waals surface area contributed by atoms with Gasteiger partial charge in [0.2, 0.25) is 5.92 Å². The average Bonchev–Trinajstić information content (AvgIpc) is 2.56. The maximum Gasteiger partial charge on any atom is 0.337 e. The molecule has 0 aromatic rings. The number of carboxylic acid groups (broad SMARTS) is 1. The van der Waals surface area contributed by atoms with Crippen LogP contribution in [0.1, 0.15) is 52.4 Å². The van der Waals surface area contributed by atoms with Crippen LogP contribution in [0.25, 0.3) is 0 Å². The van der Waals surface area contributed by atoms with Crippen molar-refractivity contribution in [3.63, 3.8) is 0 Å². The van der Waals surface area contributed by atoms with Crippen molar-refractivity contribution in [1.82, 2.24) is 5.32 Å². The number of nitrogens with two attached hydrogens (primary N) is 1. The predicted octanol–water partition coefficient (Wildman–Crippen LogP) is 2.53. The number of hydrogen-bond acceptors (Lipinski definition) is 5. The van der Waals surface area contributed by atoms with Gasteiger partial charge in [-0.3, -0.25) is 0 Å². The van der Waals surface area contributed by atoms with Crippen molar-refractivity contribution in [2.45, 2.75) is 82.1 Å². The van der Waals surface area contributed by atoms with Crippen LogP contribution in [0, 0.1) is 5.92 Å². The Morgan fingerprint density at radius 2 is 2.07 bits per heavy atom. The van der Waals surface area contributed by atoms with Crippen LogP contribution in [0.15, 0.2) is 24.1 Å². The van der Waals surface area contributed by atoms with E-state index in [-0.39, 0.29) is 44.1 Å². The summed E-state index contributed by atoms with van der Waals surface area (Å²) in [6.07, 6.45) is 5.04. The molecule has 0 saturated heterocycles. The van der Waals surface area contributed by atoms with Crippen LogP contribution in [-0.2, 0) is 9.53 Å². The van der Waals surface area contributed by atoms with Gasteiger partial charge in [0, 0.05) is 31.5 Å². The summed E-state index contributed by atoms with van der Waals surface area (Å²) in [7, 11) is 0. The first-order chi connectivity index (χ1) is 12.5. The molecule has 27 heavy (non-hydrogen) atoms. The van der Waals surface area contributed by atoms with Gasteiger partial charge in [-0.1, -0.05) is 13.8 Å². The number of nitrogens with one attached hydrogen (secondary N) is 1. The molecule has 1 fully saturated rings. The topological polar surface area (TPSA) is 105 Å². The van der Waals surface area contributed by atoms with Crippen molar-refractivity contribution in [2.24, 2.45) is 11.7 Å². The summed E-state index contributed by atoms with van der Waals surface area (Å²) in [5.41, 5.74) is 3.90. The Morgan fingerprint density at radius 3 is 2.63 bits per heavy atom. The first-order valence-corrected chi connectivity index (χ1v) is 9.42. The largest absolute Gasteiger partial charge is 0.491 e. The molecule has 2 rings (SSSR count). The van der Waals surface area contributed by atoms with Crippen molar-refractivity contribution < 1.29 is 28.5 Å². The maximum absolute atomic E-state index is 13.3. The van der Waals surface area contributed by atoms with Crippen molar-refractivity contribution >= 4 is 5.97 Å². The molecule has 3 atom stereocenters. The van der Waals surface area contributed by atoms with Gasteiger partial charge in [0.1, 0.15) is 5.76 Å². The van der Waals surface area contributed by atoms with Crippen molar-refractivity contribution in [2.75, 3.05) is 0 Å². The second-order valence-electron chi connectivity index (χ2n) is 8.02. The summed E-state index contributed by atoms with van der Waals surface area (Å²) in [6.45, 7) is 3.81. The first-order valence-electron chi connectivity index (χ1n) is 9.42. The first kappa shape index (κ1) is 21.6. The SMILES string of the molecule is CC(C)C[C@H](N)[C@](O)(CC1C=C(OC2CCC(F)(F)CC2)C=CN1)C(=O)O. The molecule has 0 spiro atoms. The molecule has 1 aliphatic carbocycles. The van der Waals surface area contributed by atoms with Crippen LogP contribution in [0.2, 0.25) is 0 Å². The quantitative estimate of drug-likeness (QED) is 0.509. The standard InChI is InChI=1S/C19H30F2N2O4/c1-12(2)9-16(22)19(26,17(24)25)11-13-10-15(5-8-23-13)27-14-3-6-18(20,21)7-4-14/h5,8,10,12-14,16,23,26H,3-4,6-7,9,11,22H2,1-2H3,(H,24,25)/t13?,16-,19+/m0/s1. The lowest BCUT2D eigenvalue weighted by molar-refractivity contribution is -0.162. The Bertz CT molecular complexity index is 584. The van der Waals surface area contributed by atoms with E-state index in [0.29, 0.717) is 12.2 Å². The number of rotatable bonds is 8. The summed E-state index contributed by atoms with van der Waals surface area (Å²) in [4.78, 5) is 11.7. The number of ether oxygens (including phenoxy) is 1. The van der Waals surface area contributed by atoms with E-state index in [1.54, 1.807) is 18.4 Å². The zero-order chi connectivity index (χ0) is 20.2. The second kappa shape index (κ2) is 8.56. The molecule has 0 bridgehead atoms. The number of dihydropyridines is 1. The van der Waals surface area contributed by atoms with E-state index in [1.807, 2.05) is 13.8 Å². The maximum atomic E-state index is 13.3. The third-order valence-electron chi connectivity index (χ3n) is 5.13. The lowest BCUT2D eigenvalue weighted by Gasteiger charge is -2.34. The Morgan fingerprint density at radius 1 is 1.44 bits per heavy atom. The van der Waals surface area contributed by atoms with Gasteiger partial charge in [0.05, 0.1) is 12.1 Å². The molecule has 0 aromatic carbocycles. The fourth-order valence-electron chi connectivity index (χ4n) is 3.51. The monoisotopic (exact) mass is 388 g/mol. The number of carbonyl (C=O) groups is 1. The molecule has 1 heterocycles. The van der Waals surface area contributed by atoms with Crippen LogP contribution in [0.4, 0.5) is 8.78 Å². The van der Waals surface area contributed by atoms with E-state index in [2.05, 4.69) is 5.32 Å². The molecule has 5 N–H and O–H groups in total. The zero-order valence-corrected chi connectivity index (χ0v) is 15.8. The normalized spacial score (nSPS) is 26.0. The summed E-state index contributed by atoms with van der Waals surface area (Å²) >= 11 is 0. The van der Waals surface area contributed by atoms with E-state index in [0.717, 1.165) is 0 Å². The van der Waals surface area contributed by atoms with Gasteiger partial charge in [0.15, 0.2) is 5.60 Å². The lowest BCUT2D eigenvalue weighted by atomic mass is 9.83.